The van der Waals surface area contributed by atoms with Crippen LogP contribution in [-0.4, -0.2) is 32.3 Å². The molecule has 6 heteroatoms. The first kappa shape index (κ1) is 13.8. The number of hydrogen-bond acceptors (Lipinski definition) is 3. The molecule has 1 aromatic rings. The highest BCUT2D eigenvalue weighted by molar-refractivity contribution is 6.30. The van der Waals surface area contributed by atoms with Crippen molar-refractivity contribution in [2.75, 3.05) is 31.6 Å². The van der Waals surface area contributed by atoms with E-state index >= 15 is 0 Å². The van der Waals surface area contributed by atoms with Crippen LogP contribution in [0, 0.1) is 0 Å². The van der Waals surface area contributed by atoms with E-state index in [0.717, 1.165) is 0 Å². The first-order valence-electron chi connectivity index (χ1n) is 5.30. The minimum absolute atomic E-state index is 0.274. The average Bonchev–Trinajstić information content (AvgIpc) is 2.32. The molecule has 0 aliphatic rings. The predicted molar refractivity (Wildman–Crippen MR) is 68.3 cm³/mol. The van der Waals surface area contributed by atoms with Gasteiger partial charge in [0.1, 0.15) is 0 Å². The van der Waals surface area contributed by atoms with E-state index < -0.39 is 0 Å². The molecule has 0 aliphatic carbocycles. The van der Waals surface area contributed by atoms with Crippen molar-refractivity contribution in [3.63, 3.8) is 0 Å². The Balaban J connectivity index is 2.18. The van der Waals surface area contributed by atoms with E-state index in [2.05, 4.69) is 10.6 Å². The number of ether oxygens (including phenoxy) is 1. The second-order valence-corrected chi connectivity index (χ2v) is 3.73. The number of amides is 2. The van der Waals surface area contributed by atoms with Gasteiger partial charge in [0.25, 0.3) is 0 Å². The molecule has 2 amide bonds. The Bertz CT molecular complexity index is 343. The van der Waals surface area contributed by atoms with E-state index in [1.165, 1.54) is 0 Å². The van der Waals surface area contributed by atoms with Gasteiger partial charge in [-0.15, -0.1) is 0 Å². The van der Waals surface area contributed by atoms with E-state index in [-0.39, 0.29) is 6.03 Å². The molecule has 0 spiro atoms. The summed E-state index contributed by atoms with van der Waals surface area (Å²) in [5.74, 6) is 0. The lowest BCUT2D eigenvalue weighted by molar-refractivity contribution is 0.144. The first-order valence-corrected chi connectivity index (χ1v) is 5.68. The number of halogens is 1. The first-order chi connectivity index (χ1) is 8.22. The number of benzene rings is 1. The van der Waals surface area contributed by atoms with Crippen LogP contribution in [0.25, 0.3) is 0 Å². The number of nitrogens with one attached hydrogen (secondary N) is 2. The summed E-state index contributed by atoms with van der Waals surface area (Å²) in [6, 6.07) is 6.60. The molecule has 94 valence electrons. The normalized spacial score (nSPS) is 10.0. The van der Waals surface area contributed by atoms with Crippen LogP contribution in [0.15, 0.2) is 24.3 Å². The van der Waals surface area contributed by atoms with Gasteiger partial charge in [-0.2, -0.15) is 0 Å². The van der Waals surface area contributed by atoms with Crippen molar-refractivity contribution < 1.29 is 9.53 Å². The summed E-state index contributed by atoms with van der Waals surface area (Å²) < 4.78 is 5.11. The molecule has 0 saturated carbocycles. The van der Waals surface area contributed by atoms with E-state index in [4.69, 9.17) is 22.1 Å². The molecule has 0 bridgehead atoms. The summed E-state index contributed by atoms with van der Waals surface area (Å²) in [6.45, 7) is 1.88. The highest BCUT2D eigenvalue weighted by atomic mass is 35.5. The van der Waals surface area contributed by atoms with E-state index in [9.17, 15) is 4.79 Å². The van der Waals surface area contributed by atoms with E-state index in [0.29, 0.717) is 37.0 Å². The van der Waals surface area contributed by atoms with Gasteiger partial charge in [0.2, 0.25) is 0 Å². The van der Waals surface area contributed by atoms with E-state index in [1.54, 1.807) is 24.3 Å². The van der Waals surface area contributed by atoms with Crippen LogP contribution >= 0.6 is 11.6 Å². The number of rotatable bonds is 6. The molecule has 0 heterocycles. The van der Waals surface area contributed by atoms with Crippen LogP contribution in [0.4, 0.5) is 10.5 Å². The van der Waals surface area contributed by atoms with Gasteiger partial charge >= 0.3 is 6.03 Å². The van der Waals surface area contributed by atoms with Gasteiger partial charge in [-0.25, -0.2) is 4.79 Å². The fourth-order valence-electron chi connectivity index (χ4n) is 1.13. The molecule has 0 atom stereocenters. The molecule has 0 saturated heterocycles. The molecule has 0 radical (unpaired) electrons. The monoisotopic (exact) mass is 257 g/mol. The SMILES string of the molecule is NCCOCCNC(=O)Nc1ccc(Cl)cc1. The second-order valence-electron chi connectivity index (χ2n) is 3.29. The standard InChI is InChI=1S/C11H16ClN3O2/c12-9-1-3-10(4-2-9)15-11(16)14-6-8-17-7-5-13/h1-4H,5-8,13H2,(H2,14,15,16). The maximum Gasteiger partial charge on any atom is 0.319 e. The zero-order valence-electron chi connectivity index (χ0n) is 9.41. The lowest BCUT2D eigenvalue weighted by Gasteiger charge is -2.07. The third-order valence-electron chi connectivity index (χ3n) is 1.90. The van der Waals surface area contributed by atoms with Gasteiger partial charge < -0.3 is 21.1 Å². The van der Waals surface area contributed by atoms with Gasteiger partial charge in [-0.1, -0.05) is 11.6 Å². The molecular weight excluding hydrogens is 242 g/mol. The fraction of sp³-hybridized carbons (Fsp3) is 0.364. The number of nitrogens with two attached hydrogens (primary N) is 1. The lowest BCUT2D eigenvalue weighted by Crippen LogP contribution is -2.31. The molecule has 17 heavy (non-hydrogen) atoms. The van der Waals surface area contributed by atoms with Crippen molar-refractivity contribution in [3.05, 3.63) is 29.3 Å². The highest BCUT2D eigenvalue weighted by Gasteiger charge is 2.00. The number of carbonyl (C=O) groups is 1. The van der Waals surface area contributed by atoms with Crippen molar-refractivity contribution in [2.45, 2.75) is 0 Å². The van der Waals surface area contributed by atoms with Crippen molar-refractivity contribution in [2.24, 2.45) is 5.73 Å². The van der Waals surface area contributed by atoms with Gasteiger partial charge in [0.05, 0.1) is 13.2 Å². The maximum absolute atomic E-state index is 11.4. The van der Waals surface area contributed by atoms with Crippen LogP contribution in [0.3, 0.4) is 0 Å². The number of hydrogen-bond donors (Lipinski definition) is 3. The fourth-order valence-corrected chi connectivity index (χ4v) is 1.26. The number of urea groups is 1. The highest BCUT2D eigenvalue weighted by Crippen LogP contribution is 2.12. The average molecular weight is 258 g/mol. The van der Waals surface area contributed by atoms with Crippen molar-refractivity contribution in [1.29, 1.82) is 0 Å². The summed E-state index contributed by atoms with van der Waals surface area (Å²) in [4.78, 5) is 11.4. The minimum Gasteiger partial charge on any atom is -0.378 e. The summed E-state index contributed by atoms with van der Waals surface area (Å²) >= 11 is 5.73. The molecule has 0 unspecified atom stereocenters. The van der Waals surface area contributed by atoms with E-state index in [1.807, 2.05) is 0 Å². The smallest absolute Gasteiger partial charge is 0.319 e. The van der Waals surface area contributed by atoms with Crippen molar-refractivity contribution in [1.82, 2.24) is 5.32 Å². The Morgan fingerprint density at radius 3 is 2.65 bits per heavy atom. The Kier molecular flexibility index (Phi) is 6.39. The van der Waals surface area contributed by atoms with Gasteiger partial charge in [0, 0.05) is 23.8 Å². The topological polar surface area (TPSA) is 76.4 Å². The number of anilines is 1. The molecule has 5 nitrogen and oxygen atoms in total. The number of carbonyl (C=O) groups excluding carboxylic acids is 1. The summed E-state index contributed by atoms with van der Waals surface area (Å²) in [7, 11) is 0. The summed E-state index contributed by atoms with van der Waals surface area (Å²) in [5.41, 5.74) is 5.94. The third kappa shape index (κ3) is 6.11. The lowest BCUT2D eigenvalue weighted by atomic mass is 10.3. The predicted octanol–water partition coefficient (Wildman–Crippen LogP) is 1.44. The Morgan fingerprint density at radius 1 is 1.29 bits per heavy atom. The van der Waals surface area contributed by atoms with Crippen LogP contribution in [0.1, 0.15) is 0 Å². The summed E-state index contributed by atoms with van der Waals surface area (Å²) in [6.07, 6.45) is 0. The zero-order valence-corrected chi connectivity index (χ0v) is 10.2. The van der Waals surface area contributed by atoms with Crippen LogP contribution < -0.4 is 16.4 Å². The summed E-state index contributed by atoms with van der Waals surface area (Å²) in [5, 5.41) is 5.96. The Hall–Kier alpha value is -1.30. The molecule has 0 aromatic heterocycles. The molecular formula is C11H16ClN3O2. The second kappa shape index (κ2) is 7.89. The van der Waals surface area contributed by atoms with Crippen molar-refractivity contribution >= 4 is 23.3 Å². The molecule has 4 N–H and O–H groups in total. The van der Waals surface area contributed by atoms with Crippen LogP contribution in [0.2, 0.25) is 5.02 Å². The molecule has 1 rings (SSSR count). The molecule has 0 fully saturated rings. The third-order valence-corrected chi connectivity index (χ3v) is 2.15. The van der Waals surface area contributed by atoms with Crippen molar-refractivity contribution in [3.8, 4) is 0 Å². The zero-order chi connectivity index (χ0) is 12.5. The van der Waals surface area contributed by atoms with Gasteiger partial charge in [-0.05, 0) is 24.3 Å². The maximum atomic E-state index is 11.4. The molecule has 0 aliphatic heterocycles. The molecule has 1 aromatic carbocycles. The Morgan fingerprint density at radius 2 is 2.00 bits per heavy atom. The minimum atomic E-state index is -0.274. The quantitative estimate of drug-likeness (QED) is 0.675. The Labute approximate surface area is 105 Å². The van der Waals surface area contributed by atoms with Crippen LogP contribution in [-0.2, 0) is 4.74 Å². The van der Waals surface area contributed by atoms with Gasteiger partial charge in [0.15, 0.2) is 0 Å². The largest absolute Gasteiger partial charge is 0.378 e. The van der Waals surface area contributed by atoms with Crippen LogP contribution in [0.5, 0.6) is 0 Å². The van der Waals surface area contributed by atoms with Gasteiger partial charge in [-0.3, -0.25) is 0 Å².